The maximum absolute atomic E-state index is 13.4. The van der Waals surface area contributed by atoms with Crippen LogP contribution in [-0.2, 0) is 16.6 Å². The molecule has 0 unspecified atom stereocenters. The molecule has 1 fully saturated rings. The fraction of sp³-hybridized carbons (Fsp3) is 0.316. The van der Waals surface area contributed by atoms with Crippen molar-refractivity contribution in [3.63, 3.8) is 0 Å². The molecule has 1 atom stereocenters. The second kappa shape index (κ2) is 6.41. The van der Waals surface area contributed by atoms with Crippen LogP contribution >= 0.6 is 0 Å². The van der Waals surface area contributed by atoms with Crippen LogP contribution in [-0.4, -0.2) is 28.7 Å². The number of imidazole rings is 1. The highest BCUT2D eigenvalue weighted by molar-refractivity contribution is 7.89. The smallest absolute Gasteiger partial charge is 0.306 e. The molecule has 1 aliphatic carbocycles. The molecule has 3 aromatic rings. The van der Waals surface area contributed by atoms with Gasteiger partial charge in [-0.15, -0.1) is 0 Å². The normalized spacial score (nSPS) is 16.2. The number of rotatable bonds is 6. The van der Waals surface area contributed by atoms with Crippen LogP contribution in [0.15, 0.2) is 58.2 Å². The van der Waals surface area contributed by atoms with E-state index in [1.165, 1.54) is 6.07 Å². The Bertz CT molecular complexity index is 1080. The van der Waals surface area contributed by atoms with Crippen LogP contribution in [0.25, 0.3) is 11.0 Å². The number of nitrogens with one attached hydrogen (secondary N) is 2. The van der Waals surface area contributed by atoms with Crippen LogP contribution in [0.3, 0.4) is 0 Å². The number of sulfonamides is 1. The third-order valence-electron chi connectivity index (χ3n) is 5.03. The summed E-state index contributed by atoms with van der Waals surface area (Å²) in [5.74, 6) is 0.407. The Balaban J connectivity index is 1.75. The minimum absolute atomic E-state index is 0.0684. The minimum Gasteiger partial charge on any atom is -0.306 e. The summed E-state index contributed by atoms with van der Waals surface area (Å²) in [6.45, 7) is 2.32. The van der Waals surface area contributed by atoms with Gasteiger partial charge in [-0.2, -0.15) is 4.31 Å². The first-order valence-corrected chi connectivity index (χ1v) is 10.2. The fourth-order valence-electron chi connectivity index (χ4n) is 3.33. The second-order valence-electron chi connectivity index (χ2n) is 6.90. The molecule has 6 nitrogen and oxygen atoms in total. The molecule has 0 radical (unpaired) electrons. The van der Waals surface area contributed by atoms with Crippen molar-refractivity contribution in [2.45, 2.75) is 37.2 Å². The zero-order chi connectivity index (χ0) is 18.3. The van der Waals surface area contributed by atoms with Crippen LogP contribution in [0.4, 0.5) is 0 Å². The van der Waals surface area contributed by atoms with Crippen molar-refractivity contribution in [3.05, 3.63) is 64.6 Å². The van der Waals surface area contributed by atoms with E-state index >= 15 is 0 Å². The highest BCUT2D eigenvalue weighted by atomic mass is 32.2. The van der Waals surface area contributed by atoms with Gasteiger partial charge >= 0.3 is 5.69 Å². The highest BCUT2D eigenvalue weighted by Crippen LogP contribution is 2.38. The molecule has 0 amide bonds. The first kappa shape index (κ1) is 17.1. The number of H-pyrrole nitrogens is 2. The summed E-state index contributed by atoms with van der Waals surface area (Å²) in [4.78, 5) is 16.9. The van der Waals surface area contributed by atoms with E-state index in [9.17, 15) is 13.2 Å². The van der Waals surface area contributed by atoms with Crippen LogP contribution in [0.2, 0.25) is 0 Å². The number of nitrogens with zero attached hydrogens (tertiary/aromatic N) is 1. The molecular weight excluding hydrogens is 350 g/mol. The van der Waals surface area contributed by atoms with Crippen LogP contribution in [0.1, 0.15) is 25.3 Å². The Hall–Kier alpha value is -2.38. The van der Waals surface area contributed by atoms with E-state index in [1.807, 2.05) is 37.3 Å². The van der Waals surface area contributed by atoms with Gasteiger partial charge in [0.15, 0.2) is 0 Å². The predicted octanol–water partition coefficient (Wildman–Crippen LogP) is 2.85. The van der Waals surface area contributed by atoms with Gasteiger partial charge in [0.1, 0.15) is 0 Å². The molecule has 136 valence electrons. The maximum atomic E-state index is 13.4. The lowest BCUT2D eigenvalue weighted by Crippen LogP contribution is -2.39. The highest BCUT2D eigenvalue weighted by Gasteiger charge is 2.38. The van der Waals surface area contributed by atoms with Crippen LogP contribution < -0.4 is 5.69 Å². The zero-order valence-corrected chi connectivity index (χ0v) is 15.3. The second-order valence-corrected chi connectivity index (χ2v) is 8.79. The molecule has 1 saturated carbocycles. The molecule has 26 heavy (non-hydrogen) atoms. The molecule has 2 aromatic carbocycles. The summed E-state index contributed by atoms with van der Waals surface area (Å²) in [6.07, 6.45) is 2.12. The first-order valence-electron chi connectivity index (χ1n) is 8.73. The third kappa shape index (κ3) is 3.20. The summed E-state index contributed by atoms with van der Waals surface area (Å²) in [7, 11) is -3.69. The maximum Gasteiger partial charge on any atom is 0.323 e. The molecule has 0 saturated heterocycles. The number of aromatic nitrogens is 2. The van der Waals surface area contributed by atoms with Gasteiger partial charge < -0.3 is 9.97 Å². The average molecular weight is 371 g/mol. The van der Waals surface area contributed by atoms with Gasteiger partial charge in [0.25, 0.3) is 0 Å². The molecule has 0 spiro atoms. The van der Waals surface area contributed by atoms with E-state index < -0.39 is 10.0 Å². The van der Waals surface area contributed by atoms with Crippen molar-refractivity contribution >= 4 is 21.1 Å². The first-order chi connectivity index (χ1) is 12.4. The Morgan fingerprint density at radius 2 is 1.77 bits per heavy atom. The Morgan fingerprint density at radius 1 is 1.08 bits per heavy atom. The van der Waals surface area contributed by atoms with Crippen LogP contribution in [0, 0.1) is 5.92 Å². The van der Waals surface area contributed by atoms with Crippen molar-refractivity contribution in [2.75, 3.05) is 0 Å². The standard InChI is InChI=1S/C19H21N3O3S/c1-13(15-7-8-15)22(12-14-5-3-2-4-6-14)26(24,25)16-9-10-17-18(11-16)21-19(23)20-17/h2-6,9-11,13,15H,7-8,12H2,1H3,(H2,20,21,23)/t13-/m1/s1. The summed E-state index contributed by atoms with van der Waals surface area (Å²) in [5, 5.41) is 0. The van der Waals surface area contributed by atoms with Crippen molar-refractivity contribution in [2.24, 2.45) is 5.92 Å². The van der Waals surface area contributed by atoms with E-state index in [1.54, 1.807) is 16.4 Å². The van der Waals surface area contributed by atoms with Crippen LogP contribution in [0.5, 0.6) is 0 Å². The van der Waals surface area contributed by atoms with Gasteiger partial charge in [0.05, 0.1) is 15.9 Å². The topological polar surface area (TPSA) is 86.0 Å². The molecule has 2 N–H and O–H groups in total. The number of benzene rings is 2. The average Bonchev–Trinajstić information content (AvgIpc) is 3.40. The Labute approximate surface area is 151 Å². The number of hydrogen-bond donors (Lipinski definition) is 2. The molecule has 4 rings (SSSR count). The van der Waals surface area contributed by atoms with E-state index in [4.69, 9.17) is 0 Å². The molecule has 1 aromatic heterocycles. The van der Waals surface area contributed by atoms with Gasteiger partial charge in [-0.05, 0) is 49.4 Å². The number of aromatic amines is 2. The van der Waals surface area contributed by atoms with Gasteiger partial charge in [-0.3, -0.25) is 0 Å². The van der Waals surface area contributed by atoms with E-state index in [0.29, 0.717) is 23.5 Å². The third-order valence-corrected chi connectivity index (χ3v) is 6.96. The van der Waals surface area contributed by atoms with Crippen molar-refractivity contribution < 1.29 is 8.42 Å². The molecular formula is C19H21N3O3S. The number of fused-ring (bicyclic) bond motifs is 1. The van der Waals surface area contributed by atoms with Gasteiger partial charge in [-0.25, -0.2) is 13.2 Å². The van der Waals surface area contributed by atoms with Crippen molar-refractivity contribution in [1.29, 1.82) is 0 Å². The molecule has 1 aliphatic rings. The van der Waals surface area contributed by atoms with Crippen molar-refractivity contribution in [3.8, 4) is 0 Å². The lowest BCUT2D eigenvalue weighted by molar-refractivity contribution is 0.303. The lowest BCUT2D eigenvalue weighted by Gasteiger charge is -2.28. The van der Waals surface area contributed by atoms with E-state index in [2.05, 4.69) is 9.97 Å². The Kier molecular flexibility index (Phi) is 4.20. The lowest BCUT2D eigenvalue weighted by atomic mass is 10.2. The van der Waals surface area contributed by atoms with E-state index in [0.717, 1.165) is 18.4 Å². The summed E-state index contributed by atoms with van der Waals surface area (Å²) in [6, 6.07) is 14.3. The predicted molar refractivity (Wildman–Crippen MR) is 100 cm³/mol. The number of hydrogen-bond acceptors (Lipinski definition) is 3. The molecule has 0 aliphatic heterocycles. The minimum atomic E-state index is -3.69. The van der Waals surface area contributed by atoms with E-state index in [-0.39, 0.29) is 16.6 Å². The van der Waals surface area contributed by atoms with Crippen molar-refractivity contribution in [1.82, 2.24) is 14.3 Å². The quantitative estimate of drug-likeness (QED) is 0.699. The van der Waals surface area contributed by atoms with Gasteiger partial charge in [0, 0.05) is 12.6 Å². The SMILES string of the molecule is C[C@H](C1CC1)N(Cc1ccccc1)S(=O)(=O)c1ccc2[nH]c(=O)[nH]c2c1. The van der Waals surface area contributed by atoms with Gasteiger partial charge in [-0.1, -0.05) is 30.3 Å². The summed E-state index contributed by atoms with van der Waals surface area (Å²) >= 11 is 0. The Morgan fingerprint density at radius 3 is 2.46 bits per heavy atom. The largest absolute Gasteiger partial charge is 0.323 e. The van der Waals surface area contributed by atoms with Gasteiger partial charge in [0.2, 0.25) is 10.0 Å². The molecule has 7 heteroatoms. The summed E-state index contributed by atoms with van der Waals surface area (Å²) in [5.41, 5.74) is 1.70. The summed E-state index contributed by atoms with van der Waals surface area (Å²) < 4.78 is 28.4. The monoisotopic (exact) mass is 371 g/mol. The molecule has 0 bridgehead atoms. The fourth-order valence-corrected chi connectivity index (χ4v) is 5.04. The molecule has 1 heterocycles. The zero-order valence-electron chi connectivity index (χ0n) is 14.5.